The first-order valence-corrected chi connectivity index (χ1v) is 8.90. The van der Waals surface area contributed by atoms with Crippen molar-refractivity contribution in [2.45, 2.75) is 38.1 Å². The summed E-state index contributed by atoms with van der Waals surface area (Å²) < 4.78 is 25.1. The van der Waals surface area contributed by atoms with Crippen LogP contribution in [-0.4, -0.2) is 33.8 Å². The SMILES string of the molecule is CNS(=O)(=O)CCNC1CC2CC1C1CCCC21. The van der Waals surface area contributed by atoms with Crippen LogP contribution in [0.25, 0.3) is 0 Å². The summed E-state index contributed by atoms with van der Waals surface area (Å²) in [6.07, 6.45) is 6.96. The van der Waals surface area contributed by atoms with E-state index in [-0.39, 0.29) is 5.75 Å². The number of fused-ring (bicyclic) bond motifs is 5. The number of hydrogen-bond donors (Lipinski definition) is 2. The lowest BCUT2D eigenvalue weighted by molar-refractivity contribution is 0.211. The number of sulfonamides is 1. The van der Waals surface area contributed by atoms with Gasteiger partial charge in [0, 0.05) is 12.6 Å². The highest BCUT2D eigenvalue weighted by Gasteiger charge is 2.53. The van der Waals surface area contributed by atoms with Crippen molar-refractivity contribution in [3.63, 3.8) is 0 Å². The van der Waals surface area contributed by atoms with Gasteiger partial charge in [0.1, 0.15) is 0 Å². The molecule has 3 aliphatic carbocycles. The molecule has 5 heteroatoms. The minimum atomic E-state index is -3.05. The summed E-state index contributed by atoms with van der Waals surface area (Å²) >= 11 is 0. The van der Waals surface area contributed by atoms with E-state index in [0.717, 1.165) is 23.7 Å². The summed E-state index contributed by atoms with van der Waals surface area (Å²) in [6.45, 7) is 0.592. The minimum absolute atomic E-state index is 0.200. The molecule has 104 valence electrons. The standard InChI is InChI=1S/C13H24N2O2S/c1-14-18(16,17)6-5-15-13-8-9-7-12(13)11-4-2-3-10(9)11/h9-15H,2-8H2,1H3. The van der Waals surface area contributed by atoms with Gasteiger partial charge in [-0.15, -0.1) is 0 Å². The van der Waals surface area contributed by atoms with Gasteiger partial charge in [0.25, 0.3) is 0 Å². The zero-order valence-corrected chi connectivity index (χ0v) is 11.9. The van der Waals surface area contributed by atoms with Crippen molar-refractivity contribution in [1.29, 1.82) is 0 Å². The average molecular weight is 272 g/mol. The smallest absolute Gasteiger partial charge is 0.212 e. The Morgan fingerprint density at radius 3 is 2.67 bits per heavy atom. The molecule has 18 heavy (non-hydrogen) atoms. The first-order valence-electron chi connectivity index (χ1n) is 7.25. The highest BCUT2D eigenvalue weighted by molar-refractivity contribution is 7.89. The maximum Gasteiger partial charge on any atom is 0.212 e. The summed E-state index contributed by atoms with van der Waals surface area (Å²) in [6, 6.07) is 0.585. The Balaban J connectivity index is 1.51. The predicted molar refractivity (Wildman–Crippen MR) is 71.7 cm³/mol. The van der Waals surface area contributed by atoms with Gasteiger partial charge in [0.05, 0.1) is 5.75 Å². The quantitative estimate of drug-likeness (QED) is 0.783. The normalized spacial score (nSPS) is 42.4. The van der Waals surface area contributed by atoms with Crippen molar-refractivity contribution in [2.24, 2.45) is 23.7 Å². The van der Waals surface area contributed by atoms with Crippen LogP contribution >= 0.6 is 0 Å². The average Bonchev–Trinajstić information content (AvgIpc) is 3.00. The summed E-state index contributed by atoms with van der Waals surface area (Å²) in [5.74, 6) is 3.92. The Morgan fingerprint density at radius 1 is 1.11 bits per heavy atom. The first kappa shape index (κ1) is 12.9. The second-order valence-electron chi connectivity index (χ2n) is 6.24. The lowest BCUT2D eigenvalue weighted by atomic mass is 9.79. The third-order valence-electron chi connectivity index (χ3n) is 5.52. The van der Waals surface area contributed by atoms with E-state index >= 15 is 0 Å². The van der Waals surface area contributed by atoms with Gasteiger partial charge in [0.15, 0.2) is 0 Å². The molecule has 3 saturated carbocycles. The first-order chi connectivity index (χ1) is 8.61. The van der Waals surface area contributed by atoms with E-state index in [1.54, 1.807) is 0 Å². The van der Waals surface area contributed by atoms with Gasteiger partial charge < -0.3 is 5.32 Å². The highest BCUT2D eigenvalue weighted by atomic mass is 32.2. The van der Waals surface area contributed by atoms with Gasteiger partial charge in [0.2, 0.25) is 10.0 Å². The van der Waals surface area contributed by atoms with Crippen LogP contribution in [0.5, 0.6) is 0 Å². The van der Waals surface area contributed by atoms with Crippen molar-refractivity contribution in [2.75, 3.05) is 19.3 Å². The van der Waals surface area contributed by atoms with E-state index < -0.39 is 10.0 Å². The largest absolute Gasteiger partial charge is 0.313 e. The minimum Gasteiger partial charge on any atom is -0.313 e. The monoisotopic (exact) mass is 272 g/mol. The summed E-state index contributed by atoms with van der Waals surface area (Å²) in [5.41, 5.74) is 0. The van der Waals surface area contributed by atoms with Gasteiger partial charge in [-0.25, -0.2) is 13.1 Å². The van der Waals surface area contributed by atoms with Crippen molar-refractivity contribution in [1.82, 2.24) is 10.0 Å². The van der Waals surface area contributed by atoms with Crippen LogP contribution in [-0.2, 0) is 10.0 Å². The molecule has 0 spiro atoms. The molecule has 0 heterocycles. The Bertz CT molecular complexity index is 409. The fraction of sp³-hybridized carbons (Fsp3) is 1.00. The molecule has 2 N–H and O–H groups in total. The molecule has 0 aromatic heterocycles. The van der Waals surface area contributed by atoms with Gasteiger partial charge in [-0.3, -0.25) is 0 Å². The second-order valence-corrected chi connectivity index (χ2v) is 8.28. The van der Waals surface area contributed by atoms with Crippen LogP contribution in [0.1, 0.15) is 32.1 Å². The maximum absolute atomic E-state index is 11.4. The number of nitrogens with one attached hydrogen (secondary N) is 2. The van der Waals surface area contributed by atoms with Crippen molar-refractivity contribution in [3.05, 3.63) is 0 Å². The Labute approximate surface area is 110 Å². The molecule has 0 amide bonds. The van der Waals surface area contributed by atoms with E-state index in [9.17, 15) is 8.42 Å². The van der Waals surface area contributed by atoms with Crippen molar-refractivity contribution in [3.8, 4) is 0 Å². The van der Waals surface area contributed by atoms with Crippen LogP contribution in [0.2, 0.25) is 0 Å². The second kappa shape index (κ2) is 4.76. The third-order valence-corrected chi connectivity index (χ3v) is 6.88. The fourth-order valence-electron chi connectivity index (χ4n) is 4.78. The van der Waals surface area contributed by atoms with E-state index in [2.05, 4.69) is 10.0 Å². The van der Waals surface area contributed by atoms with Gasteiger partial charge >= 0.3 is 0 Å². The molecule has 4 nitrogen and oxygen atoms in total. The lowest BCUT2D eigenvalue weighted by Crippen LogP contribution is -2.42. The van der Waals surface area contributed by atoms with Gasteiger partial charge in [-0.05, 0) is 56.4 Å². The molecule has 2 bridgehead atoms. The molecular formula is C13H24N2O2S. The van der Waals surface area contributed by atoms with Crippen LogP contribution in [0.3, 0.4) is 0 Å². The van der Waals surface area contributed by atoms with Gasteiger partial charge in [-0.2, -0.15) is 0 Å². The molecule has 0 aromatic rings. The van der Waals surface area contributed by atoms with Crippen LogP contribution in [0.15, 0.2) is 0 Å². The molecule has 0 radical (unpaired) electrons. The molecule has 3 fully saturated rings. The summed E-state index contributed by atoms with van der Waals surface area (Å²) in [4.78, 5) is 0. The van der Waals surface area contributed by atoms with E-state index in [0.29, 0.717) is 12.6 Å². The van der Waals surface area contributed by atoms with E-state index in [1.807, 2.05) is 0 Å². The van der Waals surface area contributed by atoms with Crippen LogP contribution in [0, 0.1) is 23.7 Å². The van der Waals surface area contributed by atoms with Crippen LogP contribution < -0.4 is 10.0 Å². The zero-order chi connectivity index (χ0) is 12.8. The molecule has 3 rings (SSSR count). The Kier molecular flexibility index (Phi) is 3.41. The Morgan fingerprint density at radius 2 is 1.89 bits per heavy atom. The highest BCUT2D eigenvalue weighted by Crippen LogP contribution is 2.58. The molecule has 0 aromatic carbocycles. The number of rotatable bonds is 5. The molecule has 3 aliphatic rings. The molecule has 0 saturated heterocycles. The molecule has 0 aliphatic heterocycles. The van der Waals surface area contributed by atoms with Crippen LogP contribution in [0.4, 0.5) is 0 Å². The topological polar surface area (TPSA) is 58.2 Å². The van der Waals surface area contributed by atoms with E-state index in [1.165, 1.54) is 39.2 Å². The maximum atomic E-state index is 11.4. The van der Waals surface area contributed by atoms with Crippen molar-refractivity contribution < 1.29 is 8.42 Å². The van der Waals surface area contributed by atoms with E-state index in [4.69, 9.17) is 0 Å². The summed E-state index contributed by atoms with van der Waals surface area (Å²) in [7, 11) is -1.57. The summed E-state index contributed by atoms with van der Waals surface area (Å²) in [5, 5.41) is 3.50. The fourth-order valence-corrected chi connectivity index (χ4v) is 5.37. The Hall–Kier alpha value is -0.130. The van der Waals surface area contributed by atoms with Crippen molar-refractivity contribution >= 4 is 10.0 Å². The predicted octanol–water partition coefficient (Wildman–Crippen LogP) is 0.950. The number of hydrogen-bond acceptors (Lipinski definition) is 3. The van der Waals surface area contributed by atoms with Gasteiger partial charge in [-0.1, -0.05) is 6.42 Å². The lowest BCUT2D eigenvalue weighted by Gasteiger charge is -2.32. The third kappa shape index (κ3) is 2.21. The zero-order valence-electron chi connectivity index (χ0n) is 11.1. The molecule has 5 atom stereocenters. The molecular weight excluding hydrogens is 248 g/mol. The molecule has 5 unspecified atom stereocenters.